The molecule has 154 valence electrons. The van der Waals surface area contributed by atoms with Crippen molar-refractivity contribution in [3.8, 4) is 5.75 Å². The first-order chi connectivity index (χ1) is 14.3. The number of benzene rings is 2. The zero-order valence-electron chi connectivity index (χ0n) is 16.9. The molecule has 2 aliphatic rings. The number of carbonyl (C=O) groups is 1. The number of amides is 1. The fourth-order valence-electron chi connectivity index (χ4n) is 4.15. The first-order valence-electron chi connectivity index (χ1n) is 10.6. The maximum Gasteiger partial charge on any atom is 0.230 e. The highest BCUT2D eigenvalue weighted by Gasteiger charge is 2.45. The van der Waals surface area contributed by atoms with Crippen molar-refractivity contribution in [3.05, 3.63) is 65.7 Å². The van der Waals surface area contributed by atoms with Crippen molar-refractivity contribution in [3.63, 3.8) is 0 Å². The van der Waals surface area contributed by atoms with E-state index in [0.29, 0.717) is 13.2 Å². The van der Waals surface area contributed by atoms with Crippen LogP contribution in [0.5, 0.6) is 5.75 Å². The molecule has 2 aromatic carbocycles. The molecule has 1 aliphatic carbocycles. The summed E-state index contributed by atoms with van der Waals surface area (Å²) in [6, 6.07) is 18.2. The summed E-state index contributed by atoms with van der Waals surface area (Å²) in [5.41, 5.74) is 1.83. The molecule has 1 N–H and O–H groups in total. The van der Waals surface area contributed by atoms with Gasteiger partial charge in [0.25, 0.3) is 0 Å². The van der Waals surface area contributed by atoms with Crippen molar-refractivity contribution < 1.29 is 14.3 Å². The van der Waals surface area contributed by atoms with Crippen LogP contribution in [-0.2, 0) is 21.5 Å². The van der Waals surface area contributed by atoms with E-state index in [4.69, 9.17) is 9.47 Å². The maximum absolute atomic E-state index is 13.0. The van der Waals surface area contributed by atoms with E-state index in [1.54, 1.807) is 0 Å². The maximum atomic E-state index is 13.0. The van der Waals surface area contributed by atoms with Crippen LogP contribution < -0.4 is 10.1 Å². The quantitative estimate of drug-likeness (QED) is 0.747. The minimum Gasteiger partial charge on any atom is -0.492 e. The third-order valence-electron chi connectivity index (χ3n) is 6.10. The Hall–Kier alpha value is -2.37. The van der Waals surface area contributed by atoms with Crippen LogP contribution in [0.25, 0.3) is 0 Å². The molecule has 4 rings (SSSR count). The molecule has 0 radical (unpaired) electrons. The largest absolute Gasteiger partial charge is 0.492 e. The summed E-state index contributed by atoms with van der Waals surface area (Å²) in [6.07, 6.45) is 2.95. The van der Waals surface area contributed by atoms with Gasteiger partial charge < -0.3 is 14.8 Å². The van der Waals surface area contributed by atoms with Crippen LogP contribution in [0, 0.1) is 0 Å². The van der Waals surface area contributed by atoms with E-state index < -0.39 is 0 Å². The summed E-state index contributed by atoms with van der Waals surface area (Å²) >= 11 is 0. The lowest BCUT2D eigenvalue weighted by molar-refractivity contribution is -0.130. The third-order valence-corrected chi connectivity index (χ3v) is 6.10. The second-order valence-electron chi connectivity index (χ2n) is 7.93. The molecule has 0 aromatic heterocycles. The van der Waals surface area contributed by atoms with Crippen molar-refractivity contribution in [2.75, 3.05) is 39.5 Å². The number of morpholine rings is 1. The lowest BCUT2D eigenvalue weighted by atomic mass is 9.64. The first kappa shape index (κ1) is 19.9. The molecular formula is C24H30N2O3. The second-order valence-corrected chi connectivity index (χ2v) is 7.93. The number of nitrogens with one attached hydrogen (secondary N) is 1. The first-order valence-corrected chi connectivity index (χ1v) is 10.6. The van der Waals surface area contributed by atoms with E-state index in [1.165, 1.54) is 0 Å². The van der Waals surface area contributed by atoms with Gasteiger partial charge in [-0.3, -0.25) is 9.69 Å². The van der Waals surface area contributed by atoms with Gasteiger partial charge in [0, 0.05) is 26.2 Å². The average Bonchev–Trinajstić information content (AvgIpc) is 2.73. The van der Waals surface area contributed by atoms with Crippen LogP contribution in [0.15, 0.2) is 54.6 Å². The molecule has 0 unspecified atom stereocenters. The van der Waals surface area contributed by atoms with Gasteiger partial charge in [-0.1, -0.05) is 48.9 Å². The number of rotatable bonds is 8. The topological polar surface area (TPSA) is 50.8 Å². The molecule has 0 atom stereocenters. The van der Waals surface area contributed by atoms with E-state index in [-0.39, 0.29) is 11.3 Å². The summed E-state index contributed by atoms with van der Waals surface area (Å²) < 4.78 is 11.3. The van der Waals surface area contributed by atoms with Gasteiger partial charge in [-0.25, -0.2) is 0 Å². The summed E-state index contributed by atoms with van der Waals surface area (Å²) in [7, 11) is 0. The fourth-order valence-corrected chi connectivity index (χ4v) is 4.15. The summed E-state index contributed by atoms with van der Waals surface area (Å²) in [6.45, 7) is 5.64. The zero-order valence-corrected chi connectivity index (χ0v) is 16.9. The average molecular weight is 395 g/mol. The number of hydrogen-bond acceptors (Lipinski definition) is 4. The van der Waals surface area contributed by atoms with Crippen molar-refractivity contribution in [2.45, 2.75) is 31.2 Å². The highest BCUT2D eigenvalue weighted by atomic mass is 16.5. The Balaban J connectivity index is 1.29. The summed E-state index contributed by atoms with van der Waals surface area (Å²) in [5, 5.41) is 3.16. The molecule has 5 heteroatoms. The molecule has 1 saturated heterocycles. The van der Waals surface area contributed by atoms with Gasteiger partial charge in [0.05, 0.1) is 18.6 Å². The standard InChI is InChI=1S/C24H30N2O3/c27-23(24(10-5-11-24)21-7-2-1-3-8-21)25-19-20-6-4-9-22(18-20)29-17-14-26-12-15-28-16-13-26/h1-4,6-9,18H,5,10-17,19H2,(H,25,27). The Morgan fingerprint density at radius 2 is 1.86 bits per heavy atom. The van der Waals surface area contributed by atoms with Crippen LogP contribution in [0.1, 0.15) is 30.4 Å². The van der Waals surface area contributed by atoms with Crippen LogP contribution in [0.2, 0.25) is 0 Å². The van der Waals surface area contributed by atoms with Gasteiger partial charge in [-0.15, -0.1) is 0 Å². The van der Waals surface area contributed by atoms with E-state index in [0.717, 1.165) is 69.0 Å². The zero-order chi connectivity index (χ0) is 19.9. The van der Waals surface area contributed by atoms with Gasteiger partial charge in [0.1, 0.15) is 12.4 Å². The minimum absolute atomic E-state index is 0.133. The lowest BCUT2D eigenvalue weighted by Crippen LogP contribution is -2.48. The fraction of sp³-hybridized carbons (Fsp3) is 0.458. The predicted octanol–water partition coefficient (Wildman–Crippen LogP) is 3.14. The van der Waals surface area contributed by atoms with Crippen LogP contribution in [0.3, 0.4) is 0 Å². The van der Waals surface area contributed by atoms with Crippen molar-refractivity contribution in [1.82, 2.24) is 10.2 Å². The van der Waals surface area contributed by atoms with Crippen LogP contribution in [-0.4, -0.2) is 50.3 Å². The van der Waals surface area contributed by atoms with Gasteiger partial charge in [0.15, 0.2) is 0 Å². The molecule has 1 heterocycles. The Bertz CT molecular complexity index is 799. The Morgan fingerprint density at radius 1 is 1.07 bits per heavy atom. The molecule has 5 nitrogen and oxygen atoms in total. The Morgan fingerprint density at radius 3 is 2.59 bits per heavy atom. The molecular weight excluding hydrogens is 364 g/mol. The highest BCUT2D eigenvalue weighted by Crippen LogP contribution is 2.43. The highest BCUT2D eigenvalue weighted by molar-refractivity contribution is 5.89. The van der Waals surface area contributed by atoms with Gasteiger partial charge in [0.2, 0.25) is 5.91 Å². The molecule has 1 saturated carbocycles. The van der Waals surface area contributed by atoms with Gasteiger partial charge in [-0.05, 0) is 36.1 Å². The van der Waals surface area contributed by atoms with Crippen molar-refractivity contribution in [1.29, 1.82) is 0 Å². The summed E-state index contributed by atoms with van der Waals surface area (Å²) in [5.74, 6) is 0.986. The normalized spacial score (nSPS) is 18.6. The van der Waals surface area contributed by atoms with Crippen LogP contribution >= 0.6 is 0 Å². The minimum atomic E-state index is -0.354. The van der Waals surface area contributed by atoms with E-state index in [1.807, 2.05) is 42.5 Å². The Kier molecular flexibility index (Phi) is 6.47. The molecule has 0 spiro atoms. The second kappa shape index (κ2) is 9.42. The molecule has 2 fully saturated rings. The van der Waals surface area contributed by atoms with Gasteiger partial charge in [-0.2, -0.15) is 0 Å². The predicted molar refractivity (Wildman–Crippen MR) is 113 cm³/mol. The molecule has 1 aliphatic heterocycles. The van der Waals surface area contributed by atoms with E-state index in [2.05, 4.69) is 22.3 Å². The lowest BCUT2D eigenvalue weighted by Gasteiger charge is -2.40. The van der Waals surface area contributed by atoms with Crippen molar-refractivity contribution in [2.24, 2.45) is 0 Å². The smallest absolute Gasteiger partial charge is 0.230 e. The monoisotopic (exact) mass is 394 g/mol. The number of ether oxygens (including phenoxy) is 2. The number of carbonyl (C=O) groups excluding carboxylic acids is 1. The molecule has 1 amide bonds. The Labute approximate surface area is 173 Å². The summed E-state index contributed by atoms with van der Waals surface area (Å²) in [4.78, 5) is 15.4. The molecule has 2 aromatic rings. The van der Waals surface area contributed by atoms with E-state index >= 15 is 0 Å². The molecule has 29 heavy (non-hydrogen) atoms. The van der Waals surface area contributed by atoms with Crippen molar-refractivity contribution >= 4 is 5.91 Å². The third kappa shape index (κ3) is 4.80. The SMILES string of the molecule is O=C(NCc1cccc(OCCN2CCOCC2)c1)C1(c2ccccc2)CCC1. The number of hydrogen-bond donors (Lipinski definition) is 1. The van der Waals surface area contributed by atoms with Crippen LogP contribution in [0.4, 0.5) is 0 Å². The number of nitrogens with zero attached hydrogens (tertiary/aromatic N) is 1. The van der Waals surface area contributed by atoms with Gasteiger partial charge >= 0.3 is 0 Å². The molecule has 0 bridgehead atoms. The van der Waals surface area contributed by atoms with E-state index in [9.17, 15) is 4.79 Å².